The lowest BCUT2D eigenvalue weighted by molar-refractivity contribution is -0.117. The highest BCUT2D eigenvalue weighted by atomic mass is 35.5. The Balaban J connectivity index is 2.21. The van der Waals surface area contributed by atoms with Crippen molar-refractivity contribution in [1.82, 2.24) is 5.32 Å². The molecule has 1 aromatic heterocycles. The van der Waals surface area contributed by atoms with E-state index in [1.54, 1.807) is 17.4 Å². The van der Waals surface area contributed by atoms with Gasteiger partial charge in [0.25, 0.3) is 0 Å². The third kappa shape index (κ3) is 4.59. The van der Waals surface area contributed by atoms with Crippen molar-refractivity contribution in [2.24, 2.45) is 0 Å². The van der Waals surface area contributed by atoms with E-state index < -0.39 is 0 Å². The summed E-state index contributed by atoms with van der Waals surface area (Å²) in [5.41, 5.74) is 2.07. The third-order valence-electron chi connectivity index (χ3n) is 2.92. The van der Waals surface area contributed by atoms with Crippen molar-refractivity contribution in [3.8, 4) is 0 Å². The number of allylic oxidation sites excluding steroid dienone is 3. The minimum Gasteiger partial charge on any atom is -0.342 e. The molecule has 4 heteroatoms. The van der Waals surface area contributed by atoms with Gasteiger partial charge >= 0.3 is 0 Å². The maximum Gasteiger partial charge on any atom is 0.244 e. The highest BCUT2D eigenvalue weighted by Gasteiger charge is 2.16. The number of amides is 1. The van der Waals surface area contributed by atoms with Gasteiger partial charge in [-0.15, -0.1) is 0 Å². The predicted octanol–water partition coefficient (Wildman–Crippen LogP) is 4.74. The number of thiophene rings is 1. The Morgan fingerprint density at radius 3 is 2.57 bits per heavy atom. The van der Waals surface area contributed by atoms with Crippen molar-refractivity contribution < 1.29 is 4.79 Å². The topological polar surface area (TPSA) is 29.1 Å². The number of hydrogen-bond acceptors (Lipinski definition) is 2. The molecule has 0 aliphatic carbocycles. The zero-order valence-electron chi connectivity index (χ0n) is 11.6. The lowest BCUT2D eigenvalue weighted by atomic mass is 10.0. The van der Waals surface area contributed by atoms with Gasteiger partial charge in [0, 0.05) is 11.1 Å². The molecule has 0 fully saturated rings. The molecular formula is C17H16ClNOS. The van der Waals surface area contributed by atoms with E-state index in [-0.39, 0.29) is 11.9 Å². The van der Waals surface area contributed by atoms with Crippen LogP contribution in [0.15, 0.2) is 65.4 Å². The zero-order chi connectivity index (χ0) is 15.1. The molecule has 0 aliphatic rings. The summed E-state index contributed by atoms with van der Waals surface area (Å²) in [7, 11) is 0. The van der Waals surface area contributed by atoms with E-state index in [9.17, 15) is 4.79 Å². The first-order valence-electron chi connectivity index (χ1n) is 6.58. The smallest absolute Gasteiger partial charge is 0.244 e. The van der Waals surface area contributed by atoms with Crippen LogP contribution in [-0.2, 0) is 4.79 Å². The normalized spacial score (nSPS) is 12.9. The van der Waals surface area contributed by atoms with Gasteiger partial charge in [-0.1, -0.05) is 42.0 Å². The fourth-order valence-corrected chi connectivity index (χ4v) is 2.71. The molecule has 1 unspecified atom stereocenters. The molecular weight excluding hydrogens is 302 g/mol. The first-order valence-corrected chi connectivity index (χ1v) is 7.90. The van der Waals surface area contributed by atoms with Crippen LogP contribution in [0.4, 0.5) is 0 Å². The lowest BCUT2D eigenvalue weighted by Crippen LogP contribution is -2.27. The molecule has 0 saturated heterocycles. The van der Waals surface area contributed by atoms with E-state index in [1.807, 2.05) is 60.2 Å². The highest BCUT2D eigenvalue weighted by molar-refractivity contribution is 7.08. The monoisotopic (exact) mass is 317 g/mol. The van der Waals surface area contributed by atoms with E-state index in [4.69, 9.17) is 11.6 Å². The SMILES string of the molecule is CC=CC=CC(=O)NC(c1ccc(Cl)cc1)c1ccsc1. The summed E-state index contributed by atoms with van der Waals surface area (Å²) in [4.78, 5) is 12.0. The minimum absolute atomic E-state index is 0.126. The van der Waals surface area contributed by atoms with Crippen LogP contribution in [0, 0.1) is 0 Å². The van der Waals surface area contributed by atoms with E-state index in [2.05, 4.69) is 5.32 Å². The molecule has 0 aliphatic heterocycles. The van der Waals surface area contributed by atoms with Crippen LogP contribution in [0.1, 0.15) is 24.1 Å². The molecule has 1 heterocycles. The summed E-state index contributed by atoms with van der Waals surface area (Å²) in [6, 6.07) is 9.37. The highest BCUT2D eigenvalue weighted by Crippen LogP contribution is 2.25. The molecule has 0 bridgehead atoms. The Labute approximate surface area is 133 Å². The van der Waals surface area contributed by atoms with Crippen molar-refractivity contribution in [3.05, 3.63) is 81.5 Å². The van der Waals surface area contributed by atoms with E-state index >= 15 is 0 Å². The van der Waals surface area contributed by atoms with E-state index in [0.717, 1.165) is 11.1 Å². The van der Waals surface area contributed by atoms with Crippen LogP contribution in [0.3, 0.4) is 0 Å². The Hall–Kier alpha value is -1.84. The molecule has 0 radical (unpaired) electrons. The summed E-state index contributed by atoms with van der Waals surface area (Å²) in [5.74, 6) is -0.126. The van der Waals surface area contributed by atoms with Crippen molar-refractivity contribution in [2.45, 2.75) is 13.0 Å². The van der Waals surface area contributed by atoms with Crippen LogP contribution in [0.5, 0.6) is 0 Å². The Morgan fingerprint density at radius 1 is 1.19 bits per heavy atom. The Kier molecular flexibility index (Phi) is 5.78. The fraction of sp³-hybridized carbons (Fsp3) is 0.118. The summed E-state index contributed by atoms with van der Waals surface area (Å²) in [6.45, 7) is 1.91. The van der Waals surface area contributed by atoms with Gasteiger partial charge in [0.2, 0.25) is 5.91 Å². The molecule has 1 N–H and O–H groups in total. The van der Waals surface area contributed by atoms with Gasteiger partial charge in [-0.25, -0.2) is 0 Å². The maximum absolute atomic E-state index is 12.0. The van der Waals surface area contributed by atoms with Gasteiger partial charge in [0.15, 0.2) is 0 Å². The third-order valence-corrected chi connectivity index (χ3v) is 3.87. The van der Waals surface area contributed by atoms with Crippen LogP contribution < -0.4 is 5.32 Å². The minimum atomic E-state index is -0.170. The van der Waals surface area contributed by atoms with Gasteiger partial charge in [-0.3, -0.25) is 4.79 Å². The van der Waals surface area contributed by atoms with Crippen molar-refractivity contribution >= 4 is 28.8 Å². The summed E-state index contributed by atoms with van der Waals surface area (Å²) in [5, 5.41) is 7.74. The average molecular weight is 318 g/mol. The summed E-state index contributed by atoms with van der Waals surface area (Å²) in [6.07, 6.45) is 6.94. The van der Waals surface area contributed by atoms with Gasteiger partial charge in [-0.05, 0) is 47.0 Å². The lowest BCUT2D eigenvalue weighted by Gasteiger charge is -2.17. The van der Waals surface area contributed by atoms with Gasteiger partial charge in [0.05, 0.1) is 6.04 Å². The number of hydrogen-bond donors (Lipinski definition) is 1. The van der Waals surface area contributed by atoms with Crippen LogP contribution >= 0.6 is 22.9 Å². The Morgan fingerprint density at radius 2 is 1.95 bits per heavy atom. The first-order chi connectivity index (χ1) is 10.2. The summed E-state index contributed by atoms with van der Waals surface area (Å²) >= 11 is 7.54. The molecule has 2 rings (SSSR count). The number of carbonyl (C=O) groups excluding carboxylic acids is 1. The number of halogens is 1. The predicted molar refractivity (Wildman–Crippen MR) is 89.7 cm³/mol. The van der Waals surface area contributed by atoms with Crippen molar-refractivity contribution in [1.29, 1.82) is 0 Å². The zero-order valence-corrected chi connectivity index (χ0v) is 13.2. The van der Waals surface area contributed by atoms with Crippen molar-refractivity contribution in [3.63, 3.8) is 0 Å². The summed E-state index contributed by atoms with van der Waals surface area (Å²) < 4.78 is 0. The number of carbonyl (C=O) groups is 1. The standard InChI is InChI=1S/C17H16ClNOS/c1-2-3-4-5-16(20)19-17(14-10-11-21-12-14)13-6-8-15(18)9-7-13/h2-12,17H,1H3,(H,19,20). The molecule has 1 aromatic carbocycles. The van der Waals surface area contributed by atoms with Gasteiger partial charge in [0.1, 0.15) is 0 Å². The molecule has 1 amide bonds. The number of benzene rings is 1. The van der Waals surface area contributed by atoms with Crippen LogP contribution in [0.2, 0.25) is 5.02 Å². The molecule has 2 aromatic rings. The van der Waals surface area contributed by atoms with Crippen LogP contribution in [0.25, 0.3) is 0 Å². The quantitative estimate of drug-likeness (QED) is 0.626. The first kappa shape index (κ1) is 15.5. The van der Waals surface area contributed by atoms with Crippen molar-refractivity contribution in [2.75, 3.05) is 0 Å². The fourth-order valence-electron chi connectivity index (χ4n) is 1.90. The molecule has 2 nitrogen and oxygen atoms in total. The van der Waals surface area contributed by atoms with Gasteiger partial charge in [-0.2, -0.15) is 11.3 Å². The maximum atomic E-state index is 12.0. The second-order valence-electron chi connectivity index (χ2n) is 4.43. The number of rotatable bonds is 5. The molecule has 0 spiro atoms. The van der Waals surface area contributed by atoms with E-state index in [0.29, 0.717) is 5.02 Å². The largest absolute Gasteiger partial charge is 0.342 e. The number of nitrogens with one attached hydrogen (secondary N) is 1. The van der Waals surface area contributed by atoms with E-state index in [1.165, 1.54) is 6.08 Å². The molecule has 1 atom stereocenters. The Bertz CT molecular complexity index is 629. The van der Waals surface area contributed by atoms with Gasteiger partial charge < -0.3 is 5.32 Å². The average Bonchev–Trinajstić information content (AvgIpc) is 3.00. The molecule has 108 valence electrons. The molecule has 0 saturated carbocycles. The molecule has 21 heavy (non-hydrogen) atoms. The second kappa shape index (κ2) is 7.81. The van der Waals surface area contributed by atoms with Crippen LogP contribution in [-0.4, -0.2) is 5.91 Å². The second-order valence-corrected chi connectivity index (χ2v) is 5.65.